The molecule has 0 atom stereocenters. The Bertz CT molecular complexity index is 613. The van der Waals surface area contributed by atoms with Gasteiger partial charge in [-0.25, -0.2) is 4.98 Å². The summed E-state index contributed by atoms with van der Waals surface area (Å²) >= 11 is 5.99. The second-order valence-electron chi connectivity index (χ2n) is 4.27. The van der Waals surface area contributed by atoms with Gasteiger partial charge in [-0.1, -0.05) is 17.7 Å². The Morgan fingerprint density at radius 3 is 2.75 bits per heavy atom. The van der Waals surface area contributed by atoms with Crippen molar-refractivity contribution < 1.29 is 4.79 Å². The van der Waals surface area contributed by atoms with E-state index in [2.05, 4.69) is 20.6 Å². The van der Waals surface area contributed by atoms with Crippen LogP contribution in [0.5, 0.6) is 0 Å². The van der Waals surface area contributed by atoms with Crippen molar-refractivity contribution >= 4 is 23.3 Å². The average Bonchev–Trinajstić information content (AvgIpc) is 2.47. The first-order valence-electron chi connectivity index (χ1n) is 6.14. The van der Waals surface area contributed by atoms with Crippen LogP contribution in [0.3, 0.4) is 0 Å². The molecule has 0 radical (unpaired) electrons. The van der Waals surface area contributed by atoms with Crippen LogP contribution in [0.25, 0.3) is 0 Å². The summed E-state index contributed by atoms with van der Waals surface area (Å²) in [6.07, 6.45) is 1.73. The predicted molar refractivity (Wildman–Crippen MR) is 78.9 cm³/mol. The lowest BCUT2D eigenvalue weighted by molar-refractivity contribution is 0.0946. The van der Waals surface area contributed by atoms with Crippen LogP contribution in [0.1, 0.15) is 21.7 Å². The van der Waals surface area contributed by atoms with Crippen LogP contribution in [-0.4, -0.2) is 22.9 Å². The number of nitrogens with zero attached hydrogens (tertiary/aromatic N) is 2. The van der Waals surface area contributed by atoms with Crippen molar-refractivity contribution in [3.05, 3.63) is 52.4 Å². The summed E-state index contributed by atoms with van der Waals surface area (Å²) in [5.41, 5.74) is 2.06. The van der Waals surface area contributed by atoms with E-state index >= 15 is 0 Å². The van der Waals surface area contributed by atoms with E-state index in [0.29, 0.717) is 17.4 Å². The molecule has 2 aromatic heterocycles. The van der Waals surface area contributed by atoms with E-state index in [1.54, 1.807) is 25.4 Å². The maximum Gasteiger partial charge on any atom is 0.271 e. The second-order valence-corrected chi connectivity index (χ2v) is 4.67. The van der Waals surface area contributed by atoms with Gasteiger partial charge >= 0.3 is 0 Å². The standard InChI is InChI=1S/C14H15ClN4O/c1-9-3-4-10(7-17-9)8-18-14(20)13-11(15)5-6-12(16-2)19-13/h3-7H,8H2,1-2H3,(H,16,19)(H,18,20). The number of hydrogen-bond acceptors (Lipinski definition) is 4. The fourth-order valence-corrected chi connectivity index (χ4v) is 1.80. The summed E-state index contributed by atoms with van der Waals surface area (Å²) in [6, 6.07) is 7.17. The Kier molecular flexibility index (Phi) is 4.53. The van der Waals surface area contributed by atoms with Crippen molar-refractivity contribution in [3.8, 4) is 0 Å². The molecule has 0 spiro atoms. The molecule has 0 fully saturated rings. The summed E-state index contributed by atoms with van der Waals surface area (Å²) in [7, 11) is 1.73. The Balaban J connectivity index is 2.06. The number of aromatic nitrogens is 2. The van der Waals surface area contributed by atoms with E-state index in [4.69, 9.17) is 11.6 Å². The maximum atomic E-state index is 12.1. The van der Waals surface area contributed by atoms with Gasteiger partial charge in [-0.15, -0.1) is 0 Å². The second kappa shape index (κ2) is 6.34. The Hall–Kier alpha value is -2.14. The third-order valence-corrected chi connectivity index (χ3v) is 3.05. The maximum absolute atomic E-state index is 12.1. The molecule has 2 heterocycles. The molecule has 5 nitrogen and oxygen atoms in total. The van der Waals surface area contributed by atoms with Gasteiger partial charge in [0, 0.05) is 25.5 Å². The quantitative estimate of drug-likeness (QED) is 0.907. The van der Waals surface area contributed by atoms with Crippen LogP contribution in [0.4, 0.5) is 5.82 Å². The van der Waals surface area contributed by atoms with Crippen LogP contribution in [0.15, 0.2) is 30.5 Å². The SMILES string of the molecule is CNc1ccc(Cl)c(C(=O)NCc2ccc(C)nc2)n1. The molecule has 0 aliphatic heterocycles. The van der Waals surface area contributed by atoms with E-state index in [9.17, 15) is 4.79 Å². The summed E-state index contributed by atoms with van der Waals surface area (Å²) in [5.74, 6) is 0.282. The van der Waals surface area contributed by atoms with Crippen LogP contribution < -0.4 is 10.6 Å². The minimum absolute atomic E-state index is 0.207. The molecule has 0 aliphatic carbocycles. The lowest BCUT2D eigenvalue weighted by atomic mass is 10.2. The number of amides is 1. The molecule has 0 aromatic carbocycles. The third-order valence-electron chi connectivity index (χ3n) is 2.74. The van der Waals surface area contributed by atoms with Crippen LogP contribution in [0.2, 0.25) is 5.02 Å². The number of carbonyl (C=O) groups excluding carboxylic acids is 1. The van der Waals surface area contributed by atoms with Crippen LogP contribution in [0, 0.1) is 6.92 Å². The van der Waals surface area contributed by atoms with Gasteiger partial charge in [-0.05, 0) is 30.7 Å². The zero-order valence-electron chi connectivity index (χ0n) is 11.3. The number of hydrogen-bond donors (Lipinski definition) is 2. The van der Waals surface area contributed by atoms with Gasteiger partial charge in [0.05, 0.1) is 5.02 Å². The highest BCUT2D eigenvalue weighted by Crippen LogP contribution is 2.16. The number of anilines is 1. The summed E-state index contributed by atoms with van der Waals surface area (Å²) in [4.78, 5) is 20.4. The summed E-state index contributed by atoms with van der Waals surface area (Å²) < 4.78 is 0. The molecule has 6 heteroatoms. The molecule has 0 saturated heterocycles. The number of pyridine rings is 2. The van der Waals surface area contributed by atoms with Crippen LogP contribution in [-0.2, 0) is 6.54 Å². The largest absolute Gasteiger partial charge is 0.373 e. The molecule has 20 heavy (non-hydrogen) atoms. The molecular weight excluding hydrogens is 276 g/mol. The van der Waals surface area contributed by atoms with E-state index in [-0.39, 0.29) is 11.6 Å². The van der Waals surface area contributed by atoms with Gasteiger partial charge in [0.25, 0.3) is 5.91 Å². The highest BCUT2D eigenvalue weighted by atomic mass is 35.5. The molecule has 2 aromatic rings. The Morgan fingerprint density at radius 1 is 1.30 bits per heavy atom. The van der Waals surface area contributed by atoms with Crippen molar-refractivity contribution in [1.29, 1.82) is 0 Å². The fourth-order valence-electron chi connectivity index (χ4n) is 1.61. The molecule has 0 aliphatic rings. The first kappa shape index (κ1) is 14.3. The van der Waals surface area contributed by atoms with Crippen molar-refractivity contribution in [1.82, 2.24) is 15.3 Å². The average molecular weight is 291 g/mol. The molecule has 104 valence electrons. The highest BCUT2D eigenvalue weighted by Gasteiger charge is 2.12. The topological polar surface area (TPSA) is 66.9 Å². The van der Waals surface area contributed by atoms with Crippen molar-refractivity contribution in [2.75, 3.05) is 12.4 Å². The molecular formula is C14H15ClN4O. The number of rotatable bonds is 4. The van der Waals surface area contributed by atoms with E-state index in [1.165, 1.54) is 0 Å². The predicted octanol–water partition coefficient (Wildman–Crippen LogP) is 2.41. The minimum Gasteiger partial charge on any atom is -0.373 e. The van der Waals surface area contributed by atoms with Gasteiger partial charge < -0.3 is 10.6 Å². The van der Waals surface area contributed by atoms with Crippen LogP contribution >= 0.6 is 11.6 Å². The van der Waals surface area contributed by atoms with Gasteiger partial charge in [0.15, 0.2) is 0 Å². The third kappa shape index (κ3) is 3.45. The van der Waals surface area contributed by atoms with Crippen molar-refractivity contribution in [2.24, 2.45) is 0 Å². The lowest BCUT2D eigenvalue weighted by Crippen LogP contribution is -2.24. The summed E-state index contributed by atoms with van der Waals surface area (Å²) in [5, 5.41) is 5.97. The summed E-state index contributed by atoms with van der Waals surface area (Å²) in [6.45, 7) is 2.29. The van der Waals surface area contributed by atoms with E-state index < -0.39 is 0 Å². The van der Waals surface area contributed by atoms with E-state index in [1.807, 2.05) is 19.1 Å². The molecule has 0 saturated carbocycles. The number of halogens is 1. The van der Waals surface area contributed by atoms with Gasteiger partial charge in [0.1, 0.15) is 11.5 Å². The Labute approximate surface area is 122 Å². The minimum atomic E-state index is -0.312. The number of carbonyl (C=O) groups is 1. The zero-order chi connectivity index (χ0) is 14.5. The highest BCUT2D eigenvalue weighted by molar-refractivity contribution is 6.33. The number of aryl methyl sites for hydroxylation is 1. The molecule has 0 bridgehead atoms. The number of nitrogens with one attached hydrogen (secondary N) is 2. The lowest BCUT2D eigenvalue weighted by Gasteiger charge is -2.08. The zero-order valence-corrected chi connectivity index (χ0v) is 12.0. The van der Waals surface area contributed by atoms with Gasteiger partial charge in [-0.3, -0.25) is 9.78 Å². The smallest absolute Gasteiger partial charge is 0.271 e. The van der Waals surface area contributed by atoms with Crippen molar-refractivity contribution in [3.63, 3.8) is 0 Å². The molecule has 2 N–H and O–H groups in total. The van der Waals surface area contributed by atoms with Gasteiger partial charge in [0.2, 0.25) is 0 Å². The normalized spacial score (nSPS) is 10.2. The van der Waals surface area contributed by atoms with E-state index in [0.717, 1.165) is 11.3 Å². The Morgan fingerprint density at radius 2 is 2.10 bits per heavy atom. The molecule has 0 unspecified atom stereocenters. The first-order chi connectivity index (χ1) is 9.60. The van der Waals surface area contributed by atoms with Gasteiger partial charge in [-0.2, -0.15) is 0 Å². The monoisotopic (exact) mass is 290 g/mol. The van der Waals surface area contributed by atoms with Crippen molar-refractivity contribution in [2.45, 2.75) is 13.5 Å². The molecule has 1 amide bonds. The first-order valence-corrected chi connectivity index (χ1v) is 6.52. The fraction of sp³-hybridized carbons (Fsp3) is 0.214. The molecule has 2 rings (SSSR count).